The maximum atomic E-state index is 12.3. The standard InChI is InChI=1S/C7H3Cl2O.C4H9NO2.Al/c8-6-2-1-3-7(9)5(6)4-10;6-3-1-5-2-4-7;/h1-3H;5H,1-4H2;/q;-2;+2. The molecule has 0 radical (unpaired) electrons. The molecule has 2 rings (SSSR count). The predicted molar refractivity (Wildman–Crippen MR) is 71.3 cm³/mol. The molecule has 0 spiro atoms. The number of carbonyl (C=O) groups is 1. The summed E-state index contributed by atoms with van der Waals surface area (Å²) in [4.78, 5) is 12.3. The first-order chi connectivity index (χ1) is 8.70. The lowest BCUT2D eigenvalue weighted by atomic mass is 10.2. The van der Waals surface area contributed by atoms with E-state index in [2.05, 4.69) is 5.32 Å². The second kappa shape index (κ2) is 6.88. The average molecular weight is 304 g/mol. The van der Waals surface area contributed by atoms with Crippen molar-refractivity contribution in [1.29, 1.82) is 0 Å². The zero-order chi connectivity index (χ0) is 13.0. The molecule has 0 aromatic heterocycles. The van der Waals surface area contributed by atoms with Crippen molar-refractivity contribution in [3.05, 3.63) is 33.8 Å². The van der Waals surface area contributed by atoms with Crippen LogP contribution in [0.5, 0.6) is 0 Å². The van der Waals surface area contributed by atoms with Crippen molar-refractivity contribution in [3.63, 3.8) is 0 Å². The zero-order valence-electron chi connectivity index (χ0n) is 9.62. The minimum absolute atomic E-state index is 0.201. The molecule has 1 aliphatic rings. The van der Waals surface area contributed by atoms with Crippen LogP contribution in [0.3, 0.4) is 0 Å². The second-order valence-electron chi connectivity index (χ2n) is 3.78. The molecule has 1 fully saturated rings. The van der Waals surface area contributed by atoms with Crippen LogP contribution >= 0.6 is 23.2 Å². The fourth-order valence-corrected chi connectivity index (χ4v) is 4.03. The molecular formula is C11H12AlCl2NO3. The van der Waals surface area contributed by atoms with Crippen LogP contribution in [0.15, 0.2) is 18.2 Å². The first-order valence-corrected chi connectivity index (χ1v) is 7.90. The van der Waals surface area contributed by atoms with Crippen LogP contribution in [0.25, 0.3) is 0 Å². The molecule has 7 heteroatoms. The van der Waals surface area contributed by atoms with E-state index in [1.54, 1.807) is 18.2 Å². The van der Waals surface area contributed by atoms with Crippen LogP contribution < -0.4 is 5.32 Å². The second-order valence-corrected chi connectivity index (χ2v) is 6.45. The van der Waals surface area contributed by atoms with Gasteiger partial charge in [-0.15, -0.1) is 0 Å². The van der Waals surface area contributed by atoms with E-state index in [-0.39, 0.29) is 4.65 Å². The summed E-state index contributed by atoms with van der Waals surface area (Å²) in [7, 11) is 0. The minimum atomic E-state index is -2.42. The topological polar surface area (TPSA) is 47.6 Å². The van der Waals surface area contributed by atoms with Crippen LogP contribution in [0.1, 0.15) is 10.4 Å². The summed E-state index contributed by atoms with van der Waals surface area (Å²) < 4.78 is 10.8. The summed E-state index contributed by atoms with van der Waals surface area (Å²) in [5.41, 5.74) is 0.311. The number of hydrogen-bond acceptors (Lipinski definition) is 4. The third-order valence-electron chi connectivity index (χ3n) is 2.52. The lowest BCUT2D eigenvalue weighted by molar-refractivity contribution is 0.0960. The molecule has 0 unspecified atom stereocenters. The predicted octanol–water partition coefficient (Wildman–Crippen LogP) is 1.84. The molecule has 0 atom stereocenters. The third-order valence-corrected chi connectivity index (χ3v) is 4.94. The normalized spacial score (nSPS) is 17.1. The van der Waals surface area contributed by atoms with Gasteiger partial charge in [-0.25, -0.2) is 0 Å². The zero-order valence-corrected chi connectivity index (χ0v) is 12.3. The highest BCUT2D eigenvalue weighted by atomic mass is 35.5. The molecule has 1 aromatic carbocycles. The summed E-state index contributed by atoms with van der Waals surface area (Å²) in [5, 5.41) is 3.80. The molecule has 1 aliphatic heterocycles. The Hall–Kier alpha value is -0.118. The van der Waals surface area contributed by atoms with E-state index in [1.165, 1.54) is 0 Å². The third kappa shape index (κ3) is 3.46. The van der Waals surface area contributed by atoms with E-state index in [4.69, 9.17) is 30.8 Å². The Labute approximate surface area is 120 Å². The van der Waals surface area contributed by atoms with Gasteiger partial charge in [0.25, 0.3) is 0 Å². The van der Waals surface area contributed by atoms with Crippen molar-refractivity contribution in [1.82, 2.24) is 5.32 Å². The number of benzene rings is 1. The van der Waals surface area contributed by atoms with Gasteiger partial charge in [-0.05, 0) is 12.1 Å². The van der Waals surface area contributed by atoms with Crippen LogP contribution in [-0.2, 0) is 7.58 Å². The molecule has 4 nitrogen and oxygen atoms in total. The Kier molecular flexibility index (Phi) is 5.46. The van der Waals surface area contributed by atoms with Gasteiger partial charge < -0.3 is 17.7 Å². The molecule has 1 heterocycles. The van der Waals surface area contributed by atoms with Gasteiger partial charge in [-0.1, -0.05) is 29.3 Å². The highest BCUT2D eigenvalue weighted by molar-refractivity contribution is 6.84. The van der Waals surface area contributed by atoms with Gasteiger partial charge in [0.05, 0.1) is 10.0 Å². The van der Waals surface area contributed by atoms with Crippen LogP contribution in [0.4, 0.5) is 0 Å². The highest BCUT2D eigenvalue weighted by Crippen LogP contribution is 2.25. The monoisotopic (exact) mass is 303 g/mol. The first-order valence-electron chi connectivity index (χ1n) is 5.62. The number of nitrogens with one attached hydrogen (secondary N) is 1. The number of hydrogen-bond donors (Lipinski definition) is 1. The molecular weight excluding hydrogens is 292 g/mol. The number of halogens is 2. The summed E-state index contributed by atoms with van der Waals surface area (Å²) >= 11 is 9.60. The molecule has 0 amide bonds. The fourth-order valence-electron chi connectivity index (χ4n) is 1.65. The fraction of sp³-hybridized carbons (Fsp3) is 0.364. The molecule has 0 bridgehead atoms. The van der Waals surface area contributed by atoms with Gasteiger partial charge in [0.1, 0.15) is 0 Å². The smallest absolute Gasteiger partial charge is 0.472 e. The van der Waals surface area contributed by atoms with Gasteiger partial charge in [-0.3, -0.25) is 0 Å². The van der Waals surface area contributed by atoms with Crippen LogP contribution in [-0.4, -0.2) is 45.8 Å². The van der Waals surface area contributed by atoms with E-state index in [9.17, 15) is 4.79 Å². The van der Waals surface area contributed by atoms with Gasteiger partial charge in [0.15, 0.2) is 4.65 Å². The summed E-state index contributed by atoms with van der Waals surface area (Å²) in [6.07, 6.45) is 0. The van der Waals surface area contributed by atoms with Crippen molar-refractivity contribution in [2.45, 2.75) is 0 Å². The van der Waals surface area contributed by atoms with Crippen molar-refractivity contribution in [2.24, 2.45) is 0 Å². The van der Waals surface area contributed by atoms with Crippen LogP contribution in [0, 0.1) is 0 Å². The average Bonchev–Trinajstić information content (AvgIpc) is 2.27. The summed E-state index contributed by atoms with van der Waals surface area (Å²) in [5.74, 6) is 0. The Morgan fingerprint density at radius 1 is 1.17 bits per heavy atom. The van der Waals surface area contributed by atoms with E-state index >= 15 is 0 Å². The van der Waals surface area contributed by atoms with Crippen molar-refractivity contribution in [3.8, 4) is 0 Å². The number of rotatable bonds is 2. The lowest BCUT2D eigenvalue weighted by Gasteiger charge is -2.17. The number of carbonyl (C=O) groups excluding carboxylic acids is 1. The molecule has 1 N–H and O–H groups in total. The minimum Gasteiger partial charge on any atom is -0.472 e. The van der Waals surface area contributed by atoms with E-state index in [0.29, 0.717) is 28.8 Å². The van der Waals surface area contributed by atoms with Crippen molar-refractivity contribution in [2.75, 3.05) is 26.3 Å². The Balaban J connectivity index is 2.18. The highest BCUT2D eigenvalue weighted by Gasteiger charge is 2.39. The molecule has 18 heavy (non-hydrogen) atoms. The molecule has 0 aliphatic carbocycles. The first kappa shape index (κ1) is 14.3. The molecule has 1 aromatic rings. The maximum Gasteiger partial charge on any atom is 0.764 e. The Bertz CT molecular complexity index is 416. The van der Waals surface area contributed by atoms with Gasteiger partial charge >= 0.3 is 14.8 Å². The van der Waals surface area contributed by atoms with E-state index < -0.39 is 14.8 Å². The molecule has 96 valence electrons. The summed E-state index contributed by atoms with van der Waals surface area (Å²) in [6.45, 7) is 2.36. The van der Waals surface area contributed by atoms with Crippen molar-refractivity contribution >= 4 is 42.7 Å². The Morgan fingerprint density at radius 2 is 1.72 bits per heavy atom. The SMILES string of the molecule is O=[C](c1c(Cl)cccc1Cl)[Al]1[O]CCNCC[O]1. The molecule has 0 saturated carbocycles. The largest absolute Gasteiger partial charge is 0.764 e. The van der Waals surface area contributed by atoms with Gasteiger partial charge in [-0.2, -0.15) is 0 Å². The summed E-state index contributed by atoms with van der Waals surface area (Å²) in [6, 6.07) is 4.98. The van der Waals surface area contributed by atoms with Gasteiger partial charge in [0, 0.05) is 31.9 Å². The maximum absolute atomic E-state index is 12.3. The molecule has 1 saturated heterocycles. The van der Waals surface area contributed by atoms with Crippen LogP contribution in [0.2, 0.25) is 10.0 Å². The Morgan fingerprint density at radius 3 is 2.28 bits per heavy atom. The lowest BCUT2D eigenvalue weighted by Crippen LogP contribution is -2.41. The van der Waals surface area contributed by atoms with E-state index in [0.717, 1.165) is 13.1 Å². The van der Waals surface area contributed by atoms with Gasteiger partial charge in [0.2, 0.25) is 0 Å². The van der Waals surface area contributed by atoms with E-state index in [1.807, 2.05) is 0 Å². The quantitative estimate of drug-likeness (QED) is 0.847. The van der Waals surface area contributed by atoms with Crippen molar-refractivity contribution < 1.29 is 12.4 Å².